The predicted molar refractivity (Wildman–Crippen MR) is 128 cm³/mol. The summed E-state index contributed by atoms with van der Waals surface area (Å²) in [4.78, 5) is 15.1. The van der Waals surface area contributed by atoms with E-state index in [1.807, 2.05) is 26.8 Å². The van der Waals surface area contributed by atoms with Crippen molar-refractivity contribution in [1.82, 2.24) is 0 Å². The quantitative estimate of drug-likeness (QED) is 0.472. The lowest BCUT2D eigenvalue weighted by Crippen LogP contribution is -2.42. The minimum atomic E-state index is -4.55. The second-order valence-electron chi connectivity index (χ2n) is 9.56. The maximum atomic E-state index is 13.6. The SMILES string of the molecule is CCSc1oc(C)cc1C1C(C#N)=C(N)N(c2cccc(C(F)(F)F)c2)C2=C1C(=O)CC(C)(C)C2. The van der Waals surface area contributed by atoms with Crippen molar-refractivity contribution in [3.05, 3.63) is 69.9 Å². The highest BCUT2D eigenvalue weighted by Crippen LogP contribution is 2.52. The second-order valence-corrected chi connectivity index (χ2v) is 10.8. The highest BCUT2D eigenvalue weighted by Gasteiger charge is 2.46. The van der Waals surface area contributed by atoms with Gasteiger partial charge in [0.1, 0.15) is 11.6 Å². The normalized spacial score (nSPS) is 20.2. The maximum absolute atomic E-state index is 13.6. The van der Waals surface area contributed by atoms with Gasteiger partial charge in [-0.3, -0.25) is 9.69 Å². The van der Waals surface area contributed by atoms with Crippen LogP contribution in [0.15, 0.2) is 62.5 Å². The second kappa shape index (κ2) is 8.83. The first-order valence-corrected chi connectivity index (χ1v) is 12.2. The summed E-state index contributed by atoms with van der Waals surface area (Å²) in [5.74, 6) is 0.485. The minimum absolute atomic E-state index is 0.0207. The van der Waals surface area contributed by atoms with Crippen molar-refractivity contribution in [2.75, 3.05) is 10.7 Å². The summed E-state index contributed by atoms with van der Waals surface area (Å²) >= 11 is 1.46. The number of nitriles is 1. The van der Waals surface area contributed by atoms with E-state index in [1.54, 1.807) is 6.92 Å². The molecule has 0 saturated carbocycles. The number of furan rings is 1. The van der Waals surface area contributed by atoms with E-state index >= 15 is 0 Å². The van der Waals surface area contributed by atoms with Gasteiger partial charge in [0.2, 0.25) is 0 Å². The van der Waals surface area contributed by atoms with Crippen molar-refractivity contribution in [3.8, 4) is 6.07 Å². The first kappa shape index (κ1) is 25.0. The molecule has 2 aromatic rings. The zero-order valence-electron chi connectivity index (χ0n) is 19.9. The van der Waals surface area contributed by atoms with Crippen LogP contribution in [0.25, 0.3) is 0 Å². The lowest BCUT2D eigenvalue weighted by atomic mass is 9.69. The molecule has 0 amide bonds. The Morgan fingerprint density at radius 2 is 2.00 bits per heavy atom. The molecule has 9 heteroatoms. The Bertz CT molecular complexity index is 1300. The first-order valence-electron chi connectivity index (χ1n) is 11.2. The van der Waals surface area contributed by atoms with Gasteiger partial charge >= 0.3 is 6.18 Å². The largest absolute Gasteiger partial charge is 0.455 e. The third-order valence-corrected chi connectivity index (χ3v) is 7.12. The smallest absolute Gasteiger partial charge is 0.416 e. The van der Waals surface area contributed by atoms with Crippen LogP contribution in [0.5, 0.6) is 0 Å². The van der Waals surface area contributed by atoms with E-state index in [0.29, 0.717) is 34.1 Å². The summed E-state index contributed by atoms with van der Waals surface area (Å²) in [7, 11) is 0. The van der Waals surface area contributed by atoms with Crippen molar-refractivity contribution in [2.45, 2.75) is 57.7 Å². The Balaban J connectivity index is 2.01. The number of nitrogens with zero attached hydrogens (tertiary/aromatic N) is 2. The predicted octanol–water partition coefficient (Wildman–Crippen LogP) is 6.66. The van der Waals surface area contributed by atoms with Gasteiger partial charge in [0.25, 0.3) is 0 Å². The van der Waals surface area contributed by atoms with Gasteiger partial charge in [0.15, 0.2) is 10.9 Å². The Kier molecular flexibility index (Phi) is 6.30. The van der Waals surface area contributed by atoms with Crippen LogP contribution in [0.1, 0.15) is 56.4 Å². The number of aryl methyl sites for hydroxylation is 1. The molecule has 2 N–H and O–H groups in total. The van der Waals surface area contributed by atoms with Gasteiger partial charge in [-0.25, -0.2) is 0 Å². The number of thioether (sulfide) groups is 1. The molecule has 5 nitrogen and oxygen atoms in total. The lowest BCUT2D eigenvalue weighted by molar-refractivity contribution is -0.137. The Morgan fingerprint density at radius 3 is 2.63 bits per heavy atom. The third kappa shape index (κ3) is 4.47. The molecule has 184 valence electrons. The molecular formula is C26H26F3N3O2S. The molecular weight excluding hydrogens is 475 g/mol. The van der Waals surface area contributed by atoms with Crippen LogP contribution in [0.4, 0.5) is 18.9 Å². The van der Waals surface area contributed by atoms with E-state index in [0.717, 1.165) is 17.9 Å². The van der Waals surface area contributed by atoms with E-state index in [4.69, 9.17) is 10.2 Å². The van der Waals surface area contributed by atoms with E-state index in [1.165, 1.54) is 28.8 Å². The summed E-state index contributed by atoms with van der Waals surface area (Å²) in [5, 5.41) is 10.8. The van der Waals surface area contributed by atoms with Crippen LogP contribution in [-0.4, -0.2) is 11.5 Å². The number of Topliss-reactive ketones (excluding diaryl/α,β-unsaturated/α-hetero) is 1. The number of halogens is 3. The first-order chi connectivity index (χ1) is 16.4. The zero-order chi connectivity index (χ0) is 25.7. The fourth-order valence-corrected chi connectivity index (χ4v) is 5.69. The summed E-state index contributed by atoms with van der Waals surface area (Å²) in [6.07, 6.45) is -3.89. The summed E-state index contributed by atoms with van der Waals surface area (Å²) in [6, 6.07) is 8.75. The minimum Gasteiger partial charge on any atom is -0.455 e. The number of rotatable bonds is 4. The molecule has 0 radical (unpaired) electrons. The molecule has 0 bridgehead atoms. The standard InChI is InChI=1S/C26H26F3N3O2S/c1-5-35-24-17(9-14(2)34-24)21-18(13-30)23(31)32(16-8-6-7-15(10-16)26(27,28)29)19-11-25(3,4)12-20(33)22(19)21/h6-10,21H,5,11-12,31H2,1-4H3. The molecule has 1 unspecified atom stereocenters. The van der Waals surface area contributed by atoms with Crippen LogP contribution < -0.4 is 10.6 Å². The van der Waals surface area contributed by atoms with E-state index in [-0.39, 0.29) is 29.3 Å². The lowest BCUT2D eigenvalue weighted by Gasteiger charge is -2.43. The summed E-state index contributed by atoms with van der Waals surface area (Å²) in [5.41, 5.74) is 7.16. The highest BCUT2D eigenvalue weighted by atomic mass is 32.2. The molecule has 1 atom stereocenters. The number of carbonyl (C=O) groups excluding carboxylic acids is 1. The van der Waals surface area contributed by atoms with Crippen LogP contribution in [0.3, 0.4) is 0 Å². The van der Waals surface area contributed by atoms with E-state index < -0.39 is 23.1 Å². The number of allylic oxidation sites excluding steroid dienone is 3. The van der Waals surface area contributed by atoms with Crippen molar-refractivity contribution >= 4 is 23.2 Å². The van der Waals surface area contributed by atoms with Gasteiger partial charge in [-0.1, -0.05) is 38.6 Å². The van der Waals surface area contributed by atoms with Crippen molar-refractivity contribution in [2.24, 2.45) is 11.1 Å². The molecule has 1 aromatic heterocycles. The molecule has 0 spiro atoms. The fraction of sp³-hybridized carbons (Fsp3) is 0.385. The molecule has 1 aliphatic carbocycles. The molecule has 2 heterocycles. The fourth-order valence-electron chi connectivity index (χ4n) is 4.89. The van der Waals surface area contributed by atoms with Gasteiger partial charge in [-0.2, -0.15) is 18.4 Å². The van der Waals surface area contributed by atoms with Gasteiger partial charge in [-0.15, -0.1) is 0 Å². The number of alkyl halides is 3. The molecule has 2 aliphatic rings. The van der Waals surface area contributed by atoms with Crippen LogP contribution >= 0.6 is 11.8 Å². The van der Waals surface area contributed by atoms with Gasteiger partial charge in [0, 0.05) is 28.9 Å². The number of hydrogen-bond acceptors (Lipinski definition) is 6. The van der Waals surface area contributed by atoms with Crippen LogP contribution in [0.2, 0.25) is 0 Å². The average Bonchev–Trinajstić information content (AvgIpc) is 3.11. The van der Waals surface area contributed by atoms with Gasteiger partial charge < -0.3 is 10.2 Å². The zero-order valence-corrected chi connectivity index (χ0v) is 20.7. The van der Waals surface area contributed by atoms with E-state index in [9.17, 15) is 23.2 Å². The van der Waals surface area contributed by atoms with Gasteiger partial charge in [-0.05, 0) is 48.8 Å². The van der Waals surface area contributed by atoms with Gasteiger partial charge in [0.05, 0.1) is 23.1 Å². The molecule has 0 saturated heterocycles. The topological polar surface area (TPSA) is 83.3 Å². The van der Waals surface area contributed by atoms with Crippen LogP contribution in [-0.2, 0) is 11.0 Å². The molecule has 1 aromatic carbocycles. The van der Waals surface area contributed by atoms with Crippen LogP contribution in [0, 0.1) is 23.7 Å². The molecule has 4 rings (SSSR count). The number of ketones is 1. The van der Waals surface area contributed by atoms with Crippen molar-refractivity contribution < 1.29 is 22.4 Å². The Hall–Kier alpha value is -3.12. The number of anilines is 1. The number of carbonyl (C=O) groups is 1. The molecule has 0 fully saturated rings. The molecule has 35 heavy (non-hydrogen) atoms. The number of benzene rings is 1. The monoisotopic (exact) mass is 501 g/mol. The Labute approximate surface area is 206 Å². The number of nitrogens with two attached hydrogens (primary N) is 1. The van der Waals surface area contributed by atoms with Crippen molar-refractivity contribution in [3.63, 3.8) is 0 Å². The van der Waals surface area contributed by atoms with Crippen molar-refractivity contribution in [1.29, 1.82) is 5.26 Å². The third-order valence-electron chi connectivity index (χ3n) is 6.25. The summed E-state index contributed by atoms with van der Waals surface area (Å²) in [6.45, 7) is 7.64. The molecule has 1 aliphatic heterocycles. The Morgan fingerprint density at radius 1 is 1.29 bits per heavy atom. The number of hydrogen-bond donors (Lipinski definition) is 1. The summed E-state index contributed by atoms with van der Waals surface area (Å²) < 4.78 is 46.4. The average molecular weight is 502 g/mol. The highest BCUT2D eigenvalue weighted by molar-refractivity contribution is 7.99. The van der Waals surface area contributed by atoms with E-state index in [2.05, 4.69) is 6.07 Å². The maximum Gasteiger partial charge on any atom is 0.416 e.